The molecule has 1 saturated carbocycles. The highest BCUT2D eigenvalue weighted by Gasteiger charge is 2.59. The van der Waals surface area contributed by atoms with Crippen molar-refractivity contribution >= 4 is 26.8 Å². The summed E-state index contributed by atoms with van der Waals surface area (Å²) in [6.45, 7) is 6.20. The van der Waals surface area contributed by atoms with Crippen molar-refractivity contribution in [1.29, 1.82) is 0 Å². The number of hydrogen-bond donors (Lipinski definition) is 1. The minimum absolute atomic E-state index is 0.0152. The van der Waals surface area contributed by atoms with E-state index in [9.17, 15) is 13.2 Å². The summed E-state index contributed by atoms with van der Waals surface area (Å²) in [7, 11) is -2.56. The fourth-order valence-electron chi connectivity index (χ4n) is 5.34. The molecule has 0 radical (unpaired) electrons. The number of nitrogens with zero attached hydrogens (tertiary/aromatic N) is 2. The van der Waals surface area contributed by atoms with Gasteiger partial charge in [0.25, 0.3) is 10.0 Å². The third-order valence-electron chi connectivity index (χ3n) is 7.21. The van der Waals surface area contributed by atoms with Gasteiger partial charge in [0.05, 0.1) is 24.1 Å². The average Bonchev–Trinajstić information content (AvgIpc) is 3.63. The van der Waals surface area contributed by atoms with Gasteiger partial charge in [-0.05, 0) is 63.6 Å². The Balaban J connectivity index is 1.49. The number of hydrogen-bond acceptors (Lipinski definition) is 7. The number of benzene rings is 2. The quantitative estimate of drug-likeness (QED) is 0.316. The minimum Gasteiger partial charge on any atom is -0.496 e. The second-order valence-corrected chi connectivity index (χ2v) is 11.6. The number of amides is 1. The van der Waals surface area contributed by atoms with Crippen molar-refractivity contribution in [1.82, 2.24) is 14.7 Å². The molecule has 1 N–H and O–H groups in total. The fourth-order valence-corrected chi connectivity index (χ4v) is 6.54. The molecule has 2 aromatic heterocycles. The van der Waals surface area contributed by atoms with Crippen LogP contribution in [-0.2, 0) is 20.2 Å². The molecule has 1 aliphatic rings. The molecule has 0 unspecified atom stereocenters. The molecule has 0 bridgehead atoms. The molecular weight excluding hydrogens is 514 g/mol. The highest BCUT2D eigenvalue weighted by Crippen LogP contribution is 2.64. The normalized spacial score (nSPS) is 18.5. The van der Waals surface area contributed by atoms with E-state index in [1.165, 1.54) is 6.07 Å². The van der Waals surface area contributed by atoms with Crippen molar-refractivity contribution in [3.05, 3.63) is 89.2 Å². The van der Waals surface area contributed by atoms with Crippen LogP contribution in [0.3, 0.4) is 0 Å². The van der Waals surface area contributed by atoms with E-state index in [2.05, 4.69) is 14.7 Å². The van der Waals surface area contributed by atoms with Crippen LogP contribution in [-0.4, -0.2) is 38.0 Å². The summed E-state index contributed by atoms with van der Waals surface area (Å²) in [6.07, 6.45) is 0.555. The first kappa shape index (κ1) is 26.6. The van der Waals surface area contributed by atoms with Gasteiger partial charge < -0.3 is 9.47 Å². The molecule has 1 aliphatic carbocycles. The Morgan fingerprint density at radius 2 is 1.85 bits per heavy atom. The molecule has 0 spiro atoms. The van der Waals surface area contributed by atoms with Crippen molar-refractivity contribution < 1.29 is 22.7 Å². The summed E-state index contributed by atoms with van der Waals surface area (Å²) < 4.78 is 40.4. The first-order valence-corrected chi connectivity index (χ1v) is 14.3. The molecule has 8 nitrogen and oxygen atoms in total. The standard InChI is InChI=1S/C30H31N3O5S/c1-5-38-29-11-7-9-25(32-29)23-17-30(23,22-16-19(2)12-15-26(22)37-4)18-28(34)33-39(35,36)27-10-6-8-24-21(27)14-13-20(3)31-24/h6-16,23H,5,17-18H2,1-4H3,(H,33,34)/t23-,30-/m1/s1. The molecule has 39 heavy (non-hydrogen) atoms. The third kappa shape index (κ3) is 5.18. The zero-order valence-electron chi connectivity index (χ0n) is 22.4. The summed E-state index contributed by atoms with van der Waals surface area (Å²) in [5.41, 5.74) is 3.29. The van der Waals surface area contributed by atoms with Crippen LogP contribution in [0.1, 0.15) is 48.2 Å². The minimum atomic E-state index is -4.15. The lowest BCUT2D eigenvalue weighted by atomic mass is 9.87. The first-order chi connectivity index (χ1) is 18.7. The Morgan fingerprint density at radius 1 is 1.05 bits per heavy atom. The second kappa shape index (κ2) is 10.3. The summed E-state index contributed by atoms with van der Waals surface area (Å²) in [5, 5.41) is 0.458. The largest absolute Gasteiger partial charge is 0.496 e. The number of methoxy groups -OCH3 is 1. The van der Waals surface area contributed by atoms with Gasteiger partial charge in [-0.1, -0.05) is 29.8 Å². The smallest absolute Gasteiger partial charge is 0.264 e. The van der Waals surface area contributed by atoms with E-state index in [1.807, 2.05) is 51.1 Å². The topological polar surface area (TPSA) is 107 Å². The summed E-state index contributed by atoms with van der Waals surface area (Å²) in [4.78, 5) is 22.6. The van der Waals surface area contributed by atoms with E-state index >= 15 is 0 Å². The SMILES string of the molecule is CCOc1cccc([C@H]2C[C@@]2(CC(=O)NS(=O)(=O)c2cccc3nc(C)ccc23)c2cc(C)ccc2OC)n1. The number of sulfonamides is 1. The molecule has 2 aromatic carbocycles. The van der Waals surface area contributed by atoms with Gasteiger partial charge in [-0.15, -0.1) is 0 Å². The lowest BCUT2D eigenvalue weighted by Gasteiger charge is -2.21. The van der Waals surface area contributed by atoms with Crippen LogP contribution in [0.15, 0.2) is 71.6 Å². The maximum Gasteiger partial charge on any atom is 0.264 e. The van der Waals surface area contributed by atoms with Crippen molar-refractivity contribution in [3.63, 3.8) is 0 Å². The van der Waals surface area contributed by atoms with Crippen molar-refractivity contribution in [2.45, 2.75) is 49.8 Å². The van der Waals surface area contributed by atoms with Crippen molar-refractivity contribution in [2.75, 3.05) is 13.7 Å². The van der Waals surface area contributed by atoms with Crippen molar-refractivity contribution in [3.8, 4) is 11.6 Å². The highest BCUT2D eigenvalue weighted by molar-refractivity contribution is 7.90. The van der Waals surface area contributed by atoms with Gasteiger partial charge in [-0.25, -0.2) is 18.1 Å². The first-order valence-electron chi connectivity index (χ1n) is 12.8. The van der Waals surface area contributed by atoms with Crippen LogP contribution in [0.4, 0.5) is 0 Å². The summed E-state index contributed by atoms with van der Waals surface area (Å²) >= 11 is 0. The number of carbonyl (C=O) groups is 1. The lowest BCUT2D eigenvalue weighted by Crippen LogP contribution is -2.33. The predicted octanol–water partition coefficient (Wildman–Crippen LogP) is 4.97. The van der Waals surface area contributed by atoms with E-state index < -0.39 is 21.3 Å². The van der Waals surface area contributed by atoms with Gasteiger partial charge in [-0.2, -0.15) is 0 Å². The van der Waals surface area contributed by atoms with Crippen LogP contribution in [0.2, 0.25) is 0 Å². The Labute approximate surface area is 228 Å². The highest BCUT2D eigenvalue weighted by atomic mass is 32.2. The van der Waals surface area contributed by atoms with E-state index in [0.717, 1.165) is 22.5 Å². The maximum atomic E-state index is 13.5. The van der Waals surface area contributed by atoms with Crippen molar-refractivity contribution in [2.24, 2.45) is 0 Å². The number of fused-ring (bicyclic) bond motifs is 1. The summed E-state index contributed by atoms with van der Waals surface area (Å²) in [5.74, 6) is 0.444. The predicted molar refractivity (Wildman–Crippen MR) is 149 cm³/mol. The van der Waals surface area contributed by atoms with Gasteiger partial charge in [0.15, 0.2) is 0 Å². The zero-order valence-corrected chi connectivity index (χ0v) is 23.2. The van der Waals surface area contributed by atoms with Gasteiger partial charge in [0.1, 0.15) is 5.75 Å². The molecule has 0 saturated heterocycles. The molecule has 5 rings (SSSR count). The molecule has 9 heteroatoms. The number of ether oxygens (including phenoxy) is 2. The third-order valence-corrected chi connectivity index (χ3v) is 8.64. The Hall–Kier alpha value is -3.98. The van der Waals surface area contributed by atoms with Gasteiger partial charge in [-0.3, -0.25) is 9.78 Å². The Bertz CT molecular complexity index is 1670. The number of pyridine rings is 2. The molecule has 1 fully saturated rings. The lowest BCUT2D eigenvalue weighted by molar-refractivity contribution is -0.119. The molecule has 4 aromatic rings. The number of rotatable bonds is 9. The number of nitrogens with one attached hydrogen (secondary N) is 1. The number of aryl methyl sites for hydroxylation is 2. The number of aromatic nitrogens is 2. The van der Waals surface area contributed by atoms with Gasteiger partial charge in [0, 0.05) is 46.2 Å². The van der Waals surface area contributed by atoms with Crippen LogP contribution < -0.4 is 14.2 Å². The number of carbonyl (C=O) groups excluding carboxylic acids is 1. The molecular formula is C30H31N3O5S. The van der Waals surface area contributed by atoms with Crippen LogP contribution >= 0.6 is 0 Å². The Morgan fingerprint density at radius 3 is 2.62 bits per heavy atom. The van der Waals surface area contributed by atoms with E-state index in [4.69, 9.17) is 9.47 Å². The molecule has 202 valence electrons. The Kier molecular flexibility index (Phi) is 7.03. The average molecular weight is 546 g/mol. The monoisotopic (exact) mass is 545 g/mol. The van der Waals surface area contributed by atoms with Gasteiger partial charge >= 0.3 is 0 Å². The maximum absolute atomic E-state index is 13.5. The molecule has 2 atom stereocenters. The van der Waals surface area contributed by atoms with Crippen LogP contribution in [0.5, 0.6) is 11.6 Å². The molecule has 2 heterocycles. The zero-order chi connectivity index (χ0) is 27.8. The van der Waals surface area contributed by atoms with E-state index in [1.54, 1.807) is 37.4 Å². The fraction of sp³-hybridized carbons (Fsp3) is 0.300. The van der Waals surface area contributed by atoms with Crippen LogP contribution in [0, 0.1) is 13.8 Å². The van der Waals surface area contributed by atoms with E-state index in [-0.39, 0.29) is 17.2 Å². The molecule has 0 aliphatic heterocycles. The van der Waals surface area contributed by atoms with E-state index in [0.29, 0.717) is 35.6 Å². The summed E-state index contributed by atoms with van der Waals surface area (Å²) in [6, 6.07) is 19.7. The van der Waals surface area contributed by atoms with Gasteiger partial charge in [0.2, 0.25) is 11.8 Å². The van der Waals surface area contributed by atoms with Crippen LogP contribution in [0.25, 0.3) is 10.9 Å². The second-order valence-electron chi connectivity index (χ2n) is 9.93. The molecule has 1 amide bonds.